The largest absolute Gasteiger partial charge is 0.463 e. The zero-order chi connectivity index (χ0) is 37.6. The monoisotopic (exact) mass is 723 g/mol. The van der Waals surface area contributed by atoms with E-state index < -0.39 is 52.0 Å². The third-order valence-electron chi connectivity index (χ3n) is 8.50. The van der Waals surface area contributed by atoms with Crippen molar-refractivity contribution >= 4 is 33.7 Å². The van der Waals surface area contributed by atoms with Crippen molar-refractivity contribution in [2.24, 2.45) is 17.6 Å². The molecule has 0 saturated heterocycles. The standard InChI is InChI=1S/C38H53N5O7S/c1-26(2)24-43(51(47,48)32-21-19-30(39)20-22-32)31(25-50-37(45)34(40)27(3)4)18-12-13-23-41-36(44)35(42-38(46)49-5)33(28-14-8-6-9-15-28)29-16-10-7-11-17-29/h6-11,14-17,19-22,26-27,31,33-35H,12-13,18,23-25,39-40H2,1-5H3,(H,41,44)(H,42,46)/t31?,34-,35?/m0/s1. The quantitative estimate of drug-likeness (QED) is 0.0777. The number of methoxy groups -OCH3 is 1. The highest BCUT2D eigenvalue weighted by Gasteiger charge is 2.35. The molecule has 51 heavy (non-hydrogen) atoms. The molecule has 0 spiro atoms. The van der Waals surface area contributed by atoms with Gasteiger partial charge in [0.05, 0.1) is 18.0 Å². The molecule has 0 heterocycles. The van der Waals surface area contributed by atoms with Crippen LogP contribution in [0.3, 0.4) is 0 Å². The molecule has 0 aromatic heterocycles. The fourth-order valence-corrected chi connectivity index (χ4v) is 7.45. The minimum Gasteiger partial charge on any atom is -0.463 e. The average molecular weight is 724 g/mol. The number of anilines is 1. The van der Waals surface area contributed by atoms with Gasteiger partial charge in [0.15, 0.2) is 0 Å². The topological polar surface area (TPSA) is 183 Å². The van der Waals surface area contributed by atoms with Crippen molar-refractivity contribution in [3.63, 3.8) is 0 Å². The van der Waals surface area contributed by atoms with Crippen molar-refractivity contribution in [1.82, 2.24) is 14.9 Å². The highest BCUT2D eigenvalue weighted by molar-refractivity contribution is 7.89. The molecule has 3 aromatic carbocycles. The summed E-state index contributed by atoms with van der Waals surface area (Å²) in [5.41, 5.74) is 14.0. The Morgan fingerprint density at radius 2 is 1.41 bits per heavy atom. The number of carbonyl (C=O) groups is 3. The Morgan fingerprint density at radius 3 is 1.92 bits per heavy atom. The molecule has 3 rings (SSSR count). The number of nitrogen functional groups attached to an aromatic ring is 1. The predicted molar refractivity (Wildman–Crippen MR) is 198 cm³/mol. The van der Waals surface area contributed by atoms with Gasteiger partial charge in [-0.1, -0.05) is 88.4 Å². The Balaban J connectivity index is 1.80. The van der Waals surface area contributed by atoms with Gasteiger partial charge >= 0.3 is 12.1 Å². The Labute approximate surface area is 302 Å². The predicted octanol–water partition coefficient (Wildman–Crippen LogP) is 4.65. The summed E-state index contributed by atoms with van der Waals surface area (Å²) in [6.07, 6.45) is 0.557. The van der Waals surface area contributed by atoms with Crippen LogP contribution in [0.2, 0.25) is 0 Å². The zero-order valence-electron chi connectivity index (χ0n) is 30.2. The van der Waals surface area contributed by atoms with Crippen molar-refractivity contribution in [2.45, 2.75) is 75.9 Å². The SMILES string of the molecule is COC(=O)NC(C(=O)NCCCCC(COC(=O)[C@@H](N)C(C)C)N(CC(C)C)S(=O)(=O)c1ccc(N)cc1)C(c1ccccc1)c1ccccc1. The number of nitrogens with two attached hydrogens (primary N) is 2. The minimum atomic E-state index is -4.01. The molecule has 3 aromatic rings. The maximum atomic E-state index is 14.0. The highest BCUT2D eigenvalue weighted by Crippen LogP contribution is 2.29. The average Bonchev–Trinajstić information content (AvgIpc) is 3.11. The van der Waals surface area contributed by atoms with E-state index in [0.717, 1.165) is 11.1 Å². The molecule has 0 bridgehead atoms. The summed E-state index contributed by atoms with van der Waals surface area (Å²) in [5, 5.41) is 5.67. The number of hydrogen-bond donors (Lipinski definition) is 4. The zero-order valence-corrected chi connectivity index (χ0v) is 31.0. The van der Waals surface area contributed by atoms with Crippen molar-refractivity contribution in [3.8, 4) is 0 Å². The lowest BCUT2D eigenvalue weighted by Crippen LogP contribution is -2.50. The fraction of sp³-hybridized carbons (Fsp3) is 0.447. The Bertz CT molecular complexity index is 1600. The van der Waals surface area contributed by atoms with Gasteiger partial charge in [0, 0.05) is 24.7 Å². The Hall–Kier alpha value is -4.46. The smallest absolute Gasteiger partial charge is 0.407 e. The molecular weight excluding hydrogens is 671 g/mol. The van der Waals surface area contributed by atoms with Crippen molar-refractivity contribution in [2.75, 3.05) is 32.5 Å². The second kappa shape index (κ2) is 19.8. The van der Waals surface area contributed by atoms with E-state index >= 15 is 0 Å². The number of nitrogens with zero attached hydrogens (tertiary/aromatic N) is 1. The molecule has 13 heteroatoms. The molecule has 12 nitrogen and oxygen atoms in total. The molecule has 0 aliphatic carbocycles. The second-order valence-electron chi connectivity index (χ2n) is 13.3. The lowest BCUT2D eigenvalue weighted by molar-refractivity contribution is -0.147. The second-order valence-corrected chi connectivity index (χ2v) is 15.2. The van der Waals surface area contributed by atoms with Crippen LogP contribution in [0.15, 0.2) is 89.8 Å². The van der Waals surface area contributed by atoms with Crippen LogP contribution in [-0.4, -0.2) is 75.6 Å². The summed E-state index contributed by atoms with van der Waals surface area (Å²) in [6.45, 7) is 7.68. The first-order valence-corrected chi connectivity index (χ1v) is 18.7. The van der Waals surface area contributed by atoms with Crippen LogP contribution < -0.4 is 22.1 Å². The van der Waals surface area contributed by atoms with E-state index in [-0.39, 0.29) is 36.4 Å². The number of esters is 1. The number of hydrogen-bond acceptors (Lipinski definition) is 9. The third kappa shape index (κ3) is 12.1. The van der Waals surface area contributed by atoms with Gasteiger partial charge in [0.2, 0.25) is 15.9 Å². The van der Waals surface area contributed by atoms with E-state index in [1.54, 1.807) is 0 Å². The molecule has 278 valence electrons. The van der Waals surface area contributed by atoms with Crippen molar-refractivity contribution < 1.29 is 32.3 Å². The van der Waals surface area contributed by atoms with E-state index in [1.165, 1.54) is 35.7 Å². The number of alkyl carbamates (subject to hydrolysis) is 1. The van der Waals surface area contributed by atoms with E-state index in [4.69, 9.17) is 20.9 Å². The number of rotatable bonds is 19. The van der Waals surface area contributed by atoms with Crippen LogP contribution in [0.5, 0.6) is 0 Å². The normalized spacial score (nSPS) is 13.5. The summed E-state index contributed by atoms with van der Waals surface area (Å²) in [4.78, 5) is 39.1. The molecule has 0 aliphatic heterocycles. The number of nitrogens with one attached hydrogen (secondary N) is 2. The molecule has 2 unspecified atom stereocenters. The third-order valence-corrected chi connectivity index (χ3v) is 10.4. The van der Waals surface area contributed by atoms with Gasteiger partial charge in [-0.2, -0.15) is 4.31 Å². The van der Waals surface area contributed by atoms with Crippen LogP contribution in [0.4, 0.5) is 10.5 Å². The molecular formula is C38H53N5O7S. The first-order valence-electron chi connectivity index (χ1n) is 17.3. The molecule has 6 N–H and O–H groups in total. The summed E-state index contributed by atoms with van der Waals surface area (Å²) in [5.74, 6) is -1.71. The molecule has 0 fully saturated rings. The van der Waals surface area contributed by atoms with Gasteiger partial charge in [-0.05, 0) is 66.5 Å². The maximum Gasteiger partial charge on any atom is 0.407 e. The molecule has 0 saturated carbocycles. The van der Waals surface area contributed by atoms with Crippen LogP contribution in [0.25, 0.3) is 0 Å². The Kier molecular flexibility index (Phi) is 15.9. The van der Waals surface area contributed by atoms with Crippen LogP contribution in [-0.2, 0) is 29.1 Å². The van der Waals surface area contributed by atoms with Gasteiger partial charge in [0.1, 0.15) is 18.7 Å². The van der Waals surface area contributed by atoms with Crippen molar-refractivity contribution in [3.05, 3.63) is 96.1 Å². The lowest BCUT2D eigenvalue weighted by atomic mass is 9.84. The number of sulfonamides is 1. The van der Waals surface area contributed by atoms with Gasteiger partial charge in [-0.15, -0.1) is 0 Å². The first kappa shape index (κ1) is 41.0. The fourth-order valence-electron chi connectivity index (χ4n) is 5.65. The van der Waals surface area contributed by atoms with E-state index in [0.29, 0.717) is 24.9 Å². The number of benzene rings is 3. The van der Waals surface area contributed by atoms with E-state index in [9.17, 15) is 22.8 Å². The van der Waals surface area contributed by atoms with Gasteiger partial charge in [-0.3, -0.25) is 9.59 Å². The summed E-state index contributed by atoms with van der Waals surface area (Å²) >= 11 is 0. The summed E-state index contributed by atoms with van der Waals surface area (Å²) in [7, 11) is -2.77. The van der Waals surface area contributed by atoms with Gasteiger partial charge < -0.3 is 31.6 Å². The number of ether oxygens (including phenoxy) is 2. The molecule has 2 amide bonds. The van der Waals surface area contributed by atoms with Gasteiger partial charge in [-0.25, -0.2) is 13.2 Å². The highest BCUT2D eigenvalue weighted by atomic mass is 32.2. The van der Waals surface area contributed by atoms with Crippen molar-refractivity contribution in [1.29, 1.82) is 0 Å². The summed E-state index contributed by atoms with van der Waals surface area (Å²) < 4.78 is 39.8. The molecule has 3 atom stereocenters. The molecule has 0 radical (unpaired) electrons. The van der Waals surface area contributed by atoms with Crippen LogP contribution in [0.1, 0.15) is 64.0 Å². The minimum absolute atomic E-state index is 0.0367. The van der Waals surface area contributed by atoms with E-state index in [2.05, 4.69) is 10.6 Å². The summed E-state index contributed by atoms with van der Waals surface area (Å²) in [6, 6.07) is 22.3. The van der Waals surface area contributed by atoms with E-state index in [1.807, 2.05) is 88.4 Å². The van der Waals surface area contributed by atoms with Crippen LogP contribution in [0, 0.1) is 11.8 Å². The number of unbranched alkanes of at least 4 members (excludes halogenated alkanes) is 1. The Morgan fingerprint density at radius 1 is 0.843 bits per heavy atom. The first-order chi connectivity index (χ1) is 24.3. The molecule has 0 aliphatic rings. The maximum absolute atomic E-state index is 14.0. The van der Waals surface area contributed by atoms with Crippen LogP contribution >= 0.6 is 0 Å². The lowest BCUT2D eigenvalue weighted by Gasteiger charge is -2.32. The number of amides is 2. The number of carbonyl (C=O) groups excluding carboxylic acids is 3. The van der Waals surface area contributed by atoms with Gasteiger partial charge in [0.25, 0.3) is 0 Å².